The predicted octanol–water partition coefficient (Wildman–Crippen LogP) is 1.85. The summed E-state index contributed by atoms with van der Waals surface area (Å²) in [4.78, 5) is 18.4. The van der Waals surface area contributed by atoms with E-state index in [1.807, 2.05) is 12.1 Å². The molecule has 1 aliphatic rings. The van der Waals surface area contributed by atoms with Crippen molar-refractivity contribution in [1.29, 1.82) is 0 Å². The predicted molar refractivity (Wildman–Crippen MR) is 90.0 cm³/mol. The molecule has 1 saturated heterocycles. The Kier molecular flexibility index (Phi) is 6.61. The molecular weight excluding hydrogens is 296 g/mol. The number of carbonyl (C=O) groups is 1. The van der Waals surface area contributed by atoms with Crippen molar-refractivity contribution in [2.45, 2.75) is 32.5 Å². The Morgan fingerprint density at radius 1 is 1.39 bits per heavy atom. The second-order valence-corrected chi connectivity index (χ2v) is 5.79. The minimum Gasteiger partial charge on any atom is -0.385 e. The minimum atomic E-state index is -0.232. The first-order valence-corrected chi connectivity index (χ1v) is 7.98. The number of rotatable bonds is 6. The summed E-state index contributed by atoms with van der Waals surface area (Å²) in [5, 5.41) is 5.54. The molecule has 1 fully saturated rings. The maximum absolute atomic E-state index is 11.7. The van der Waals surface area contributed by atoms with Crippen molar-refractivity contribution in [2.75, 3.05) is 43.6 Å². The molecule has 2 atom stereocenters. The van der Waals surface area contributed by atoms with Crippen LogP contribution >= 0.6 is 0 Å². The summed E-state index contributed by atoms with van der Waals surface area (Å²) in [5.41, 5.74) is 0.673. The van der Waals surface area contributed by atoms with Crippen LogP contribution in [0.4, 0.5) is 16.3 Å². The van der Waals surface area contributed by atoms with Gasteiger partial charge in [0.05, 0.1) is 24.1 Å². The molecule has 7 heteroatoms. The highest BCUT2D eigenvalue weighted by Gasteiger charge is 2.22. The van der Waals surface area contributed by atoms with E-state index in [1.165, 1.54) is 0 Å². The van der Waals surface area contributed by atoms with Gasteiger partial charge in [-0.25, -0.2) is 9.78 Å². The number of hydrogen-bond acceptors (Lipinski definition) is 5. The van der Waals surface area contributed by atoms with Crippen molar-refractivity contribution in [3.05, 3.63) is 18.3 Å². The van der Waals surface area contributed by atoms with E-state index in [-0.39, 0.29) is 18.2 Å². The van der Waals surface area contributed by atoms with Crippen molar-refractivity contribution < 1.29 is 14.3 Å². The van der Waals surface area contributed by atoms with Crippen LogP contribution in [-0.4, -0.2) is 56.6 Å². The Bertz CT molecular complexity index is 485. The summed E-state index contributed by atoms with van der Waals surface area (Å²) in [6.45, 7) is 6.98. The zero-order chi connectivity index (χ0) is 16.7. The molecule has 2 rings (SSSR count). The van der Waals surface area contributed by atoms with Crippen molar-refractivity contribution in [1.82, 2.24) is 10.3 Å². The fraction of sp³-hybridized carbons (Fsp3) is 0.625. The number of ether oxygens (including phenoxy) is 2. The zero-order valence-electron chi connectivity index (χ0n) is 14.0. The minimum absolute atomic E-state index is 0.191. The number of amides is 2. The third kappa shape index (κ3) is 5.69. The van der Waals surface area contributed by atoms with E-state index in [9.17, 15) is 4.79 Å². The average molecular weight is 322 g/mol. The van der Waals surface area contributed by atoms with Crippen molar-refractivity contribution in [2.24, 2.45) is 0 Å². The first-order chi connectivity index (χ1) is 11.1. The molecule has 0 bridgehead atoms. The number of hydrogen-bond donors (Lipinski definition) is 2. The number of nitrogens with one attached hydrogen (secondary N) is 2. The Hall–Kier alpha value is -1.86. The molecule has 2 amide bonds. The number of pyridine rings is 1. The summed E-state index contributed by atoms with van der Waals surface area (Å²) < 4.78 is 10.7. The molecule has 2 N–H and O–H groups in total. The molecule has 128 valence electrons. The van der Waals surface area contributed by atoms with Crippen LogP contribution in [0.2, 0.25) is 0 Å². The van der Waals surface area contributed by atoms with Crippen LogP contribution in [0.15, 0.2) is 18.3 Å². The Labute approximate surface area is 137 Å². The summed E-state index contributed by atoms with van der Waals surface area (Å²) in [5.74, 6) is 0.901. The van der Waals surface area contributed by atoms with Gasteiger partial charge in [0.25, 0.3) is 0 Å². The average Bonchev–Trinajstić information content (AvgIpc) is 2.51. The summed E-state index contributed by atoms with van der Waals surface area (Å²) in [7, 11) is 1.64. The first kappa shape index (κ1) is 17.5. The lowest BCUT2D eigenvalue weighted by molar-refractivity contribution is -0.00545. The summed E-state index contributed by atoms with van der Waals surface area (Å²) in [6.07, 6.45) is 2.84. The first-order valence-electron chi connectivity index (χ1n) is 7.98. The standard InChI is InChI=1S/C16H26N4O3/c1-12-10-20(11-13(2)23-12)15-6-5-14(9-18-15)19-16(21)17-7-4-8-22-3/h5-6,9,12-13H,4,7-8,10-11H2,1-3H3,(H2,17,19,21)/t12-,13+. The van der Waals surface area contributed by atoms with Gasteiger partial charge in [-0.3, -0.25) is 0 Å². The van der Waals surface area contributed by atoms with Gasteiger partial charge in [0.2, 0.25) is 0 Å². The van der Waals surface area contributed by atoms with Crippen LogP contribution in [-0.2, 0) is 9.47 Å². The number of anilines is 2. The quantitative estimate of drug-likeness (QED) is 0.782. The van der Waals surface area contributed by atoms with Crippen molar-refractivity contribution >= 4 is 17.5 Å². The van der Waals surface area contributed by atoms with E-state index in [2.05, 4.69) is 34.4 Å². The van der Waals surface area contributed by atoms with Crippen LogP contribution in [0.25, 0.3) is 0 Å². The van der Waals surface area contributed by atoms with Gasteiger partial charge >= 0.3 is 6.03 Å². The van der Waals surface area contributed by atoms with Crippen LogP contribution in [0.1, 0.15) is 20.3 Å². The molecule has 1 aromatic heterocycles. The van der Waals surface area contributed by atoms with Gasteiger partial charge in [-0.2, -0.15) is 0 Å². The number of nitrogens with zero attached hydrogens (tertiary/aromatic N) is 2. The van der Waals surface area contributed by atoms with Gasteiger partial charge in [0.1, 0.15) is 5.82 Å². The molecule has 0 radical (unpaired) electrons. The van der Waals surface area contributed by atoms with Gasteiger partial charge < -0.3 is 25.0 Å². The highest BCUT2D eigenvalue weighted by Crippen LogP contribution is 2.19. The van der Waals surface area contributed by atoms with Gasteiger partial charge in [-0.15, -0.1) is 0 Å². The highest BCUT2D eigenvalue weighted by atomic mass is 16.5. The highest BCUT2D eigenvalue weighted by molar-refractivity contribution is 5.89. The molecule has 0 unspecified atom stereocenters. The molecule has 0 spiro atoms. The lowest BCUT2D eigenvalue weighted by atomic mass is 10.2. The smallest absolute Gasteiger partial charge is 0.319 e. The summed E-state index contributed by atoms with van der Waals surface area (Å²) >= 11 is 0. The van der Waals surface area contributed by atoms with Gasteiger partial charge in [0, 0.05) is 33.4 Å². The van der Waals surface area contributed by atoms with Crippen LogP contribution in [0.3, 0.4) is 0 Å². The monoisotopic (exact) mass is 322 g/mol. The van der Waals surface area contributed by atoms with Gasteiger partial charge in [0.15, 0.2) is 0 Å². The molecule has 0 aliphatic carbocycles. The maximum atomic E-state index is 11.7. The van der Waals surface area contributed by atoms with Crippen LogP contribution in [0, 0.1) is 0 Å². The van der Waals surface area contributed by atoms with E-state index in [4.69, 9.17) is 9.47 Å². The topological polar surface area (TPSA) is 75.7 Å². The number of carbonyl (C=O) groups excluding carboxylic acids is 1. The zero-order valence-corrected chi connectivity index (χ0v) is 14.0. The van der Waals surface area contributed by atoms with Crippen LogP contribution < -0.4 is 15.5 Å². The molecule has 0 aromatic carbocycles. The summed E-state index contributed by atoms with van der Waals surface area (Å²) in [6, 6.07) is 3.55. The molecular formula is C16H26N4O3. The van der Waals surface area contributed by atoms with E-state index in [0.29, 0.717) is 18.8 Å². The molecule has 1 aliphatic heterocycles. The normalized spacial score (nSPS) is 21.1. The van der Waals surface area contributed by atoms with Crippen LogP contribution in [0.5, 0.6) is 0 Å². The molecule has 7 nitrogen and oxygen atoms in total. The maximum Gasteiger partial charge on any atom is 0.319 e. The number of morpholine rings is 1. The molecule has 23 heavy (non-hydrogen) atoms. The van der Waals surface area contributed by atoms with E-state index >= 15 is 0 Å². The fourth-order valence-corrected chi connectivity index (χ4v) is 2.61. The fourth-order valence-electron chi connectivity index (χ4n) is 2.61. The molecule has 0 saturated carbocycles. The Balaban J connectivity index is 1.83. The van der Waals surface area contributed by atoms with E-state index < -0.39 is 0 Å². The number of urea groups is 1. The lowest BCUT2D eigenvalue weighted by Gasteiger charge is -2.36. The second kappa shape index (κ2) is 8.69. The van der Waals surface area contributed by atoms with E-state index in [1.54, 1.807) is 13.3 Å². The Morgan fingerprint density at radius 2 is 2.13 bits per heavy atom. The van der Waals surface area contributed by atoms with Crippen molar-refractivity contribution in [3.63, 3.8) is 0 Å². The molecule has 1 aromatic rings. The second-order valence-electron chi connectivity index (χ2n) is 5.79. The number of aromatic nitrogens is 1. The SMILES string of the molecule is COCCCNC(=O)Nc1ccc(N2C[C@@H](C)O[C@@H](C)C2)nc1. The third-order valence-electron chi connectivity index (χ3n) is 3.56. The number of methoxy groups -OCH3 is 1. The Morgan fingerprint density at radius 3 is 2.74 bits per heavy atom. The molecule has 2 heterocycles. The van der Waals surface area contributed by atoms with E-state index in [0.717, 1.165) is 25.3 Å². The van der Waals surface area contributed by atoms with Gasteiger partial charge in [-0.1, -0.05) is 0 Å². The third-order valence-corrected chi connectivity index (χ3v) is 3.56. The van der Waals surface area contributed by atoms with Gasteiger partial charge in [-0.05, 0) is 32.4 Å². The largest absolute Gasteiger partial charge is 0.385 e. The lowest BCUT2D eigenvalue weighted by Crippen LogP contribution is -2.45. The van der Waals surface area contributed by atoms with Crippen molar-refractivity contribution in [3.8, 4) is 0 Å².